The number of carbonyl (C=O) groups is 1. The Hall–Kier alpha value is -1.45. The molecule has 4 heteroatoms. The van der Waals surface area contributed by atoms with E-state index < -0.39 is 11.9 Å². The van der Waals surface area contributed by atoms with Crippen LogP contribution in [-0.2, 0) is 11.2 Å². The summed E-state index contributed by atoms with van der Waals surface area (Å²) in [5, 5.41) is 0. The number of halogens is 2. The second kappa shape index (κ2) is 3.54. The van der Waals surface area contributed by atoms with Crippen molar-refractivity contribution in [3.05, 3.63) is 29.3 Å². The zero-order valence-corrected chi connectivity index (χ0v) is 9.09. The topological polar surface area (TPSA) is 26.3 Å². The quantitative estimate of drug-likeness (QED) is 0.736. The van der Waals surface area contributed by atoms with E-state index in [9.17, 15) is 13.6 Å². The third-order valence-electron chi connectivity index (χ3n) is 2.67. The molecule has 0 fully saturated rings. The van der Waals surface area contributed by atoms with Crippen LogP contribution in [0.25, 0.3) is 0 Å². The van der Waals surface area contributed by atoms with E-state index in [1.165, 1.54) is 0 Å². The molecule has 1 aliphatic heterocycles. The standard InChI is InChI=1S/C12H12F2O2/c1-7(2)8-3-4-9-6-11(15)12(13,14)16-10(9)5-8/h3-5,7H,6H2,1-2H3. The molecule has 0 N–H and O–H groups in total. The van der Waals surface area contributed by atoms with Gasteiger partial charge in [-0.15, -0.1) is 0 Å². The highest BCUT2D eigenvalue weighted by Crippen LogP contribution is 2.34. The van der Waals surface area contributed by atoms with Crippen LogP contribution in [0, 0.1) is 0 Å². The summed E-state index contributed by atoms with van der Waals surface area (Å²) in [5.74, 6) is -0.826. The van der Waals surface area contributed by atoms with Gasteiger partial charge in [-0.25, -0.2) is 0 Å². The highest BCUT2D eigenvalue weighted by atomic mass is 19.3. The molecule has 16 heavy (non-hydrogen) atoms. The molecular formula is C12H12F2O2. The zero-order chi connectivity index (χ0) is 11.9. The van der Waals surface area contributed by atoms with Gasteiger partial charge >= 0.3 is 6.11 Å². The van der Waals surface area contributed by atoms with Gasteiger partial charge < -0.3 is 4.74 Å². The fourth-order valence-electron chi connectivity index (χ4n) is 1.64. The summed E-state index contributed by atoms with van der Waals surface area (Å²) in [5.41, 5.74) is 1.45. The van der Waals surface area contributed by atoms with Crippen molar-refractivity contribution < 1.29 is 18.3 Å². The van der Waals surface area contributed by atoms with E-state index in [-0.39, 0.29) is 18.1 Å². The van der Waals surface area contributed by atoms with E-state index in [4.69, 9.17) is 0 Å². The molecule has 0 aliphatic carbocycles. The van der Waals surface area contributed by atoms with Gasteiger partial charge in [0, 0.05) is 12.0 Å². The molecule has 0 aromatic heterocycles. The Morgan fingerprint density at radius 1 is 1.38 bits per heavy atom. The van der Waals surface area contributed by atoms with E-state index in [1.54, 1.807) is 12.1 Å². The molecule has 1 aromatic carbocycles. The van der Waals surface area contributed by atoms with Crippen LogP contribution in [0.5, 0.6) is 5.75 Å². The Bertz CT molecular complexity index is 439. The van der Waals surface area contributed by atoms with Crippen molar-refractivity contribution in [1.29, 1.82) is 0 Å². The van der Waals surface area contributed by atoms with Gasteiger partial charge in [-0.3, -0.25) is 4.79 Å². The fraction of sp³-hybridized carbons (Fsp3) is 0.417. The molecule has 0 unspecified atom stereocenters. The molecule has 2 rings (SSSR count). The SMILES string of the molecule is CC(C)c1ccc2c(c1)OC(F)(F)C(=O)C2. The van der Waals surface area contributed by atoms with Gasteiger partial charge in [0.2, 0.25) is 5.78 Å². The van der Waals surface area contributed by atoms with E-state index in [0.717, 1.165) is 5.56 Å². The predicted molar refractivity (Wildman–Crippen MR) is 54.8 cm³/mol. The summed E-state index contributed by atoms with van der Waals surface area (Å²) in [6.45, 7) is 3.93. The maximum absolute atomic E-state index is 13.0. The normalized spacial score (nSPS) is 18.2. The lowest BCUT2D eigenvalue weighted by molar-refractivity contribution is -0.193. The maximum atomic E-state index is 13.0. The van der Waals surface area contributed by atoms with Gasteiger partial charge in [0.05, 0.1) is 0 Å². The van der Waals surface area contributed by atoms with Crippen LogP contribution in [0.2, 0.25) is 0 Å². The summed E-state index contributed by atoms with van der Waals surface area (Å²) in [6.07, 6.45) is -3.94. The first kappa shape index (κ1) is 11.0. The molecule has 0 spiro atoms. The van der Waals surface area contributed by atoms with Crippen molar-refractivity contribution >= 4 is 5.78 Å². The molecule has 0 atom stereocenters. The average Bonchev–Trinajstić information content (AvgIpc) is 2.18. The number of rotatable bonds is 1. The minimum atomic E-state index is -3.68. The Kier molecular flexibility index (Phi) is 2.45. The zero-order valence-electron chi connectivity index (χ0n) is 9.09. The van der Waals surface area contributed by atoms with Crippen molar-refractivity contribution in [3.8, 4) is 5.75 Å². The molecule has 0 saturated heterocycles. The highest BCUT2D eigenvalue weighted by molar-refractivity contribution is 5.88. The summed E-state index contributed by atoms with van der Waals surface area (Å²) in [6, 6.07) is 5.10. The lowest BCUT2D eigenvalue weighted by Gasteiger charge is -2.24. The minimum absolute atomic E-state index is 0.121. The number of alkyl halides is 2. The van der Waals surface area contributed by atoms with Crippen molar-refractivity contribution in [3.63, 3.8) is 0 Å². The van der Waals surface area contributed by atoms with Crippen LogP contribution in [0.15, 0.2) is 18.2 Å². The summed E-state index contributed by atoms with van der Waals surface area (Å²) in [7, 11) is 0. The van der Waals surface area contributed by atoms with Crippen molar-refractivity contribution in [2.75, 3.05) is 0 Å². The number of benzene rings is 1. The van der Waals surface area contributed by atoms with Gasteiger partial charge in [0.15, 0.2) is 0 Å². The molecule has 0 amide bonds. The first-order valence-electron chi connectivity index (χ1n) is 5.13. The van der Waals surface area contributed by atoms with Crippen LogP contribution < -0.4 is 4.74 Å². The van der Waals surface area contributed by atoms with Gasteiger partial charge in [-0.1, -0.05) is 26.0 Å². The Balaban J connectivity index is 2.42. The Morgan fingerprint density at radius 3 is 2.69 bits per heavy atom. The molecule has 1 aromatic rings. The molecular weight excluding hydrogens is 214 g/mol. The maximum Gasteiger partial charge on any atom is 0.461 e. The first-order valence-corrected chi connectivity index (χ1v) is 5.13. The van der Waals surface area contributed by atoms with E-state index in [2.05, 4.69) is 4.74 Å². The number of Topliss-reactive ketones (excluding diaryl/α,β-unsaturated/α-hetero) is 1. The van der Waals surface area contributed by atoms with Crippen molar-refractivity contribution in [1.82, 2.24) is 0 Å². The van der Waals surface area contributed by atoms with Gasteiger partial charge in [0.25, 0.3) is 0 Å². The third kappa shape index (κ3) is 1.79. The third-order valence-corrected chi connectivity index (χ3v) is 2.67. The Morgan fingerprint density at radius 2 is 2.06 bits per heavy atom. The van der Waals surface area contributed by atoms with Gasteiger partial charge in [-0.05, 0) is 17.5 Å². The van der Waals surface area contributed by atoms with Crippen LogP contribution in [0.1, 0.15) is 30.9 Å². The molecule has 1 aliphatic rings. The van der Waals surface area contributed by atoms with E-state index >= 15 is 0 Å². The monoisotopic (exact) mass is 226 g/mol. The molecule has 1 heterocycles. The van der Waals surface area contributed by atoms with Gasteiger partial charge in [-0.2, -0.15) is 8.78 Å². The van der Waals surface area contributed by atoms with Crippen LogP contribution in [0.3, 0.4) is 0 Å². The van der Waals surface area contributed by atoms with Crippen LogP contribution in [-0.4, -0.2) is 11.9 Å². The van der Waals surface area contributed by atoms with E-state index in [1.807, 2.05) is 19.9 Å². The molecule has 0 radical (unpaired) electrons. The van der Waals surface area contributed by atoms with E-state index in [0.29, 0.717) is 5.56 Å². The van der Waals surface area contributed by atoms with Gasteiger partial charge in [0.1, 0.15) is 5.75 Å². The second-order valence-corrected chi connectivity index (χ2v) is 4.24. The summed E-state index contributed by atoms with van der Waals surface area (Å²) in [4.78, 5) is 11.0. The lowest BCUT2D eigenvalue weighted by Crippen LogP contribution is -2.40. The average molecular weight is 226 g/mol. The number of hydrogen-bond acceptors (Lipinski definition) is 2. The highest BCUT2D eigenvalue weighted by Gasteiger charge is 2.45. The first-order chi connectivity index (χ1) is 7.40. The fourth-order valence-corrected chi connectivity index (χ4v) is 1.64. The number of hydrogen-bond donors (Lipinski definition) is 0. The molecule has 0 saturated carbocycles. The number of ketones is 1. The predicted octanol–water partition coefficient (Wildman–Crippen LogP) is 2.91. The van der Waals surface area contributed by atoms with Crippen LogP contribution in [0.4, 0.5) is 8.78 Å². The summed E-state index contributed by atoms with van der Waals surface area (Å²) < 4.78 is 30.5. The molecule has 86 valence electrons. The minimum Gasteiger partial charge on any atom is -0.426 e. The second-order valence-electron chi connectivity index (χ2n) is 4.24. The summed E-state index contributed by atoms with van der Waals surface area (Å²) >= 11 is 0. The number of ether oxygens (including phenoxy) is 1. The number of carbonyl (C=O) groups excluding carboxylic acids is 1. The lowest BCUT2D eigenvalue weighted by atomic mass is 9.97. The largest absolute Gasteiger partial charge is 0.461 e. The Labute approximate surface area is 92.2 Å². The van der Waals surface area contributed by atoms with Crippen molar-refractivity contribution in [2.24, 2.45) is 0 Å². The van der Waals surface area contributed by atoms with Crippen LogP contribution >= 0.6 is 0 Å². The smallest absolute Gasteiger partial charge is 0.426 e. The molecule has 0 bridgehead atoms. The van der Waals surface area contributed by atoms with Crippen molar-refractivity contribution in [2.45, 2.75) is 32.3 Å². The number of fused-ring (bicyclic) bond motifs is 1. The molecule has 2 nitrogen and oxygen atoms in total.